The van der Waals surface area contributed by atoms with Gasteiger partial charge in [-0.3, -0.25) is 0 Å². The van der Waals surface area contributed by atoms with Gasteiger partial charge in [0.05, 0.1) is 12.2 Å². The van der Waals surface area contributed by atoms with E-state index in [1.165, 1.54) is 12.0 Å². The van der Waals surface area contributed by atoms with Crippen LogP contribution in [0.4, 0.5) is 0 Å². The highest BCUT2D eigenvalue weighted by Gasteiger charge is 2.11. The van der Waals surface area contributed by atoms with Crippen molar-refractivity contribution in [1.82, 2.24) is 9.88 Å². The third-order valence-corrected chi connectivity index (χ3v) is 3.11. The van der Waals surface area contributed by atoms with Crippen molar-refractivity contribution in [2.45, 2.75) is 65.6 Å². The van der Waals surface area contributed by atoms with Crippen molar-refractivity contribution in [3.05, 3.63) is 24.0 Å². The molecule has 0 saturated heterocycles. The van der Waals surface area contributed by atoms with E-state index in [1.54, 1.807) is 0 Å². The van der Waals surface area contributed by atoms with E-state index in [0.29, 0.717) is 6.04 Å². The van der Waals surface area contributed by atoms with E-state index in [4.69, 9.17) is 4.74 Å². The van der Waals surface area contributed by atoms with E-state index in [0.717, 1.165) is 26.1 Å². The molecular formula is C16H30N2O. The number of rotatable bonds is 8. The molecule has 3 heteroatoms. The molecule has 1 aromatic heterocycles. The molecule has 1 unspecified atom stereocenters. The minimum absolute atomic E-state index is 0.0510. The van der Waals surface area contributed by atoms with Gasteiger partial charge in [-0.25, -0.2) is 0 Å². The summed E-state index contributed by atoms with van der Waals surface area (Å²) in [5, 5.41) is 3.58. The molecule has 1 N–H and O–H groups in total. The summed E-state index contributed by atoms with van der Waals surface area (Å²) < 4.78 is 7.98. The third kappa shape index (κ3) is 6.26. The lowest BCUT2D eigenvalue weighted by atomic mass is 10.1. The minimum Gasteiger partial charge on any atom is -0.374 e. The Morgan fingerprint density at radius 1 is 1.32 bits per heavy atom. The molecule has 1 atom stereocenters. The van der Waals surface area contributed by atoms with Crippen LogP contribution in [0.5, 0.6) is 0 Å². The Kier molecular flexibility index (Phi) is 6.59. The second-order valence-corrected chi connectivity index (χ2v) is 6.06. The molecule has 0 radical (unpaired) electrons. The first kappa shape index (κ1) is 16.3. The normalized spacial score (nSPS) is 13.7. The van der Waals surface area contributed by atoms with E-state index in [9.17, 15) is 0 Å². The topological polar surface area (TPSA) is 26.2 Å². The highest BCUT2D eigenvalue weighted by atomic mass is 16.5. The van der Waals surface area contributed by atoms with Crippen LogP contribution in [0.25, 0.3) is 0 Å². The van der Waals surface area contributed by atoms with Crippen molar-refractivity contribution in [3.63, 3.8) is 0 Å². The second-order valence-electron chi connectivity index (χ2n) is 6.06. The van der Waals surface area contributed by atoms with Gasteiger partial charge in [-0.15, -0.1) is 0 Å². The molecule has 1 aromatic rings. The molecule has 1 rings (SSSR count). The third-order valence-electron chi connectivity index (χ3n) is 3.11. The van der Waals surface area contributed by atoms with E-state index in [-0.39, 0.29) is 5.60 Å². The number of hydrogen-bond acceptors (Lipinski definition) is 2. The summed E-state index contributed by atoms with van der Waals surface area (Å²) >= 11 is 0. The minimum atomic E-state index is -0.0510. The summed E-state index contributed by atoms with van der Waals surface area (Å²) in [4.78, 5) is 0. The average molecular weight is 266 g/mol. The van der Waals surface area contributed by atoms with Crippen molar-refractivity contribution in [1.29, 1.82) is 0 Å². The van der Waals surface area contributed by atoms with E-state index >= 15 is 0 Å². The van der Waals surface area contributed by atoms with Gasteiger partial charge < -0.3 is 14.6 Å². The van der Waals surface area contributed by atoms with Crippen LogP contribution in [0.2, 0.25) is 0 Å². The maximum absolute atomic E-state index is 5.76. The molecule has 1 heterocycles. The Bertz CT molecular complexity index is 352. The summed E-state index contributed by atoms with van der Waals surface area (Å²) in [6.45, 7) is 13.5. The number of hydrogen-bond donors (Lipinski definition) is 1. The van der Waals surface area contributed by atoms with Crippen LogP contribution in [0.3, 0.4) is 0 Å². The quantitative estimate of drug-likeness (QED) is 0.775. The Hall–Kier alpha value is -0.800. The highest BCUT2D eigenvalue weighted by molar-refractivity contribution is 5.15. The first-order valence-electron chi connectivity index (χ1n) is 7.49. The van der Waals surface area contributed by atoms with Crippen molar-refractivity contribution in [3.8, 4) is 0 Å². The lowest BCUT2D eigenvalue weighted by molar-refractivity contribution is -0.00680. The zero-order chi connectivity index (χ0) is 14.3. The largest absolute Gasteiger partial charge is 0.374 e. The van der Waals surface area contributed by atoms with Crippen LogP contribution in [0.15, 0.2) is 18.5 Å². The monoisotopic (exact) mass is 266 g/mol. The molecule has 0 saturated carbocycles. The van der Waals surface area contributed by atoms with Crippen molar-refractivity contribution in [2.75, 3.05) is 13.2 Å². The van der Waals surface area contributed by atoms with E-state index < -0.39 is 0 Å². The summed E-state index contributed by atoms with van der Waals surface area (Å²) in [6, 6.07) is 2.69. The molecular weight excluding hydrogens is 236 g/mol. The SMILES string of the molecule is CCCNC(CC)c1ccn(CCOC(C)(C)C)c1. The van der Waals surface area contributed by atoms with Crippen molar-refractivity contribution < 1.29 is 4.74 Å². The summed E-state index contributed by atoms with van der Waals surface area (Å²) in [6.07, 6.45) is 6.69. The second kappa shape index (κ2) is 7.71. The fourth-order valence-corrected chi connectivity index (χ4v) is 2.08. The maximum atomic E-state index is 5.76. The molecule has 0 spiro atoms. The summed E-state index contributed by atoms with van der Waals surface area (Å²) in [5.41, 5.74) is 1.33. The van der Waals surface area contributed by atoms with Gasteiger partial charge in [-0.05, 0) is 51.8 Å². The molecule has 0 aliphatic carbocycles. The van der Waals surface area contributed by atoms with Gasteiger partial charge in [-0.1, -0.05) is 13.8 Å². The molecule has 0 aliphatic heterocycles. The van der Waals surface area contributed by atoms with Crippen LogP contribution in [0.1, 0.15) is 59.1 Å². The van der Waals surface area contributed by atoms with Crippen molar-refractivity contribution >= 4 is 0 Å². The fourth-order valence-electron chi connectivity index (χ4n) is 2.08. The molecule has 110 valence electrons. The number of nitrogens with zero attached hydrogens (tertiary/aromatic N) is 1. The van der Waals surface area contributed by atoms with Gasteiger partial charge in [0, 0.05) is 25.0 Å². The van der Waals surface area contributed by atoms with Gasteiger partial charge in [-0.2, -0.15) is 0 Å². The maximum Gasteiger partial charge on any atom is 0.0652 e. The van der Waals surface area contributed by atoms with E-state index in [2.05, 4.69) is 63.0 Å². The smallest absolute Gasteiger partial charge is 0.0652 e. The van der Waals surface area contributed by atoms with Gasteiger partial charge >= 0.3 is 0 Å². The number of aromatic nitrogens is 1. The van der Waals surface area contributed by atoms with Crippen LogP contribution < -0.4 is 5.32 Å². The van der Waals surface area contributed by atoms with Crippen LogP contribution >= 0.6 is 0 Å². The number of ether oxygens (including phenoxy) is 1. The average Bonchev–Trinajstić information content (AvgIpc) is 2.77. The predicted molar refractivity (Wildman–Crippen MR) is 81.5 cm³/mol. The number of nitrogens with one attached hydrogen (secondary N) is 1. The van der Waals surface area contributed by atoms with E-state index in [1.807, 2.05) is 0 Å². The molecule has 0 fully saturated rings. The molecule has 0 aliphatic rings. The molecule has 0 bridgehead atoms. The zero-order valence-corrected chi connectivity index (χ0v) is 13.2. The van der Waals surface area contributed by atoms with Gasteiger partial charge in [0.15, 0.2) is 0 Å². The first-order chi connectivity index (χ1) is 8.96. The van der Waals surface area contributed by atoms with Gasteiger partial charge in [0.2, 0.25) is 0 Å². The first-order valence-corrected chi connectivity index (χ1v) is 7.49. The molecule has 0 aromatic carbocycles. The fraction of sp³-hybridized carbons (Fsp3) is 0.750. The zero-order valence-electron chi connectivity index (χ0n) is 13.2. The highest BCUT2D eigenvalue weighted by Crippen LogP contribution is 2.17. The van der Waals surface area contributed by atoms with Crippen LogP contribution in [-0.4, -0.2) is 23.3 Å². The lowest BCUT2D eigenvalue weighted by Crippen LogP contribution is -2.22. The summed E-state index contributed by atoms with van der Waals surface area (Å²) in [5.74, 6) is 0. The summed E-state index contributed by atoms with van der Waals surface area (Å²) in [7, 11) is 0. The van der Waals surface area contributed by atoms with Gasteiger partial charge in [0.25, 0.3) is 0 Å². The van der Waals surface area contributed by atoms with Gasteiger partial charge in [0.1, 0.15) is 0 Å². The van der Waals surface area contributed by atoms with Crippen molar-refractivity contribution in [2.24, 2.45) is 0 Å². The Balaban J connectivity index is 2.46. The van der Waals surface area contributed by atoms with Crippen LogP contribution in [-0.2, 0) is 11.3 Å². The molecule has 19 heavy (non-hydrogen) atoms. The predicted octanol–water partition coefficient (Wildman–Crippen LogP) is 3.75. The van der Waals surface area contributed by atoms with Crippen LogP contribution in [0, 0.1) is 0 Å². The standard InChI is InChI=1S/C16H30N2O/c1-6-9-17-15(7-2)14-8-10-18(13-14)11-12-19-16(3,4)5/h8,10,13,15,17H,6-7,9,11-12H2,1-5H3. The Morgan fingerprint density at radius 3 is 2.63 bits per heavy atom. The lowest BCUT2D eigenvalue weighted by Gasteiger charge is -2.19. The Labute approximate surface area is 118 Å². The molecule has 3 nitrogen and oxygen atoms in total. The molecule has 0 amide bonds. The Morgan fingerprint density at radius 2 is 2.05 bits per heavy atom.